The van der Waals surface area contributed by atoms with Gasteiger partial charge in [0.25, 0.3) is 0 Å². The molecule has 0 bridgehead atoms. The summed E-state index contributed by atoms with van der Waals surface area (Å²) in [5.74, 6) is -0.483. The summed E-state index contributed by atoms with van der Waals surface area (Å²) in [6.45, 7) is 6.35. The minimum atomic E-state index is -0.812. The number of pyridine rings is 1. The zero-order valence-electron chi connectivity index (χ0n) is 12.1. The summed E-state index contributed by atoms with van der Waals surface area (Å²) < 4.78 is 5.98. The number of ether oxygens (including phenoxy) is 1. The molecule has 0 aliphatic rings. The molecule has 0 aliphatic heterocycles. The number of carbonyl (C=O) groups excluding carboxylic acids is 2. The second-order valence-corrected chi connectivity index (χ2v) is 6.50. The van der Waals surface area contributed by atoms with E-state index in [0.29, 0.717) is 11.0 Å². The van der Waals surface area contributed by atoms with E-state index in [1.165, 1.54) is 6.92 Å². The molecule has 1 rings (SSSR count). The zero-order chi connectivity index (χ0) is 16.2. The molecule has 0 aliphatic carbocycles. The standard InChI is InChI=1S/C13H16Br2N2O4/c1-8(18)21-17(12(19)20-13(2,3)4)11-6-5-9(15)10(7-14)16-11/h5-6H,7H2,1-4H3. The Balaban J connectivity index is 3.13. The fourth-order valence-electron chi connectivity index (χ4n) is 1.29. The van der Waals surface area contributed by atoms with Gasteiger partial charge in [-0.05, 0) is 48.8 Å². The monoisotopic (exact) mass is 422 g/mol. The lowest BCUT2D eigenvalue weighted by Gasteiger charge is -2.25. The molecule has 0 N–H and O–H groups in total. The molecule has 0 spiro atoms. The van der Waals surface area contributed by atoms with Crippen molar-refractivity contribution in [3.8, 4) is 0 Å². The Morgan fingerprint density at radius 3 is 2.43 bits per heavy atom. The Hall–Kier alpha value is -1.15. The fourth-order valence-corrected chi connectivity index (χ4v) is 2.45. The lowest BCUT2D eigenvalue weighted by Crippen LogP contribution is -2.38. The highest BCUT2D eigenvalue weighted by Gasteiger charge is 2.27. The third kappa shape index (κ3) is 5.62. The summed E-state index contributed by atoms with van der Waals surface area (Å²) >= 11 is 6.63. The van der Waals surface area contributed by atoms with Gasteiger partial charge in [0.05, 0.1) is 5.69 Å². The van der Waals surface area contributed by atoms with E-state index < -0.39 is 17.7 Å². The third-order valence-electron chi connectivity index (χ3n) is 2.02. The summed E-state index contributed by atoms with van der Waals surface area (Å²) in [6.07, 6.45) is -0.812. The molecule has 21 heavy (non-hydrogen) atoms. The lowest BCUT2D eigenvalue weighted by atomic mass is 10.2. The number of nitrogens with zero attached hydrogens (tertiary/aromatic N) is 2. The highest BCUT2D eigenvalue weighted by atomic mass is 79.9. The molecule has 116 valence electrons. The number of rotatable bonds is 2. The Bertz CT molecular complexity index is 543. The van der Waals surface area contributed by atoms with Crippen LogP contribution in [-0.4, -0.2) is 22.6 Å². The molecule has 0 saturated carbocycles. The van der Waals surface area contributed by atoms with Gasteiger partial charge in [0, 0.05) is 16.7 Å². The summed E-state index contributed by atoms with van der Waals surface area (Å²) in [7, 11) is 0. The molecule has 0 fully saturated rings. The molecule has 1 aromatic rings. The van der Waals surface area contributed by atoms with Crippen molar-refractivity contribution in [1.82, 2.24) is 4.98 Å². The molecule has 1 heterocycles. The first-order valence-corrected chi connectivity index (χ1v) is 7.98. The van der Waals surface area contributed by atoms with E-state index >= 15 is 0 Å². The number of halogens is 2. The van der Waals surface area contributed by atoms with E-state index in [1.54, 1.807) is 32.9 Å². The maximum absolute atomic E-state index is 12.1. The normalized spacial score (nSPS) is 11.0. The van der Waals surface area contributed by atoms with Gasteiger partial charge in [0.1, 0.15) is 5.60 Å². The van der Waals surface area contributed by atoms with Gasteiger partial charge in [-0.25, -0.2) is 14.6 Å². The molecule has 1 aromatic heterocycles. The number of hydrogen-bond donors (Lipinski definition) is 0. The van der Waals surface area contributed by atoms with E-state index in [0.717, 1.165) is 9.54 Å². The van der Waals surface area contributed by atoms with E-state index in [-0.39, 0.29) is 5.82 Å². The predicted molar refractivity (Wildman–Crippen MR) is 85.0 cm³/mol. The van der Waals surface area contributed by atoms with Gasteiger partial charge in [0.15, 0.2) is 5.82 Å². The van der Waals surface area contributed by atoms with Crippen LogP contribution in [-0.2, 0) is 19.7 Å². The maximum Gasteiger partial charge on any atom is 0.450 e. The summed E-state index contributed by atoms with van der Waals surface area (Å²) in [5.41, 5.74) is -0.0588. The maximum atomic E-state index is 12.1. The molecule has 1 amide bonds. The molecule has 0 unspecified atom stereocenters. The van der Waals surface area contributed by atoms with Crippen molar-refractivity contribution in [2.75, 3.05) is 5.06 Å². The predicted octanol–water partition coefficient (Wildman–Crippen LogP) is 3.96. The van der Waals surface area contributed by atoms with Crippen LogP contribution in [0, 0.1) is 0 Å². The minimum absolute atomic E-state index is 0.164. The zero-order valence-corrected chi connectivity index (χ0v) is 15.3. The lowest BCUT2D eigenvalue weighted by molar-refractivity contribution is -0.142. The van der Waals surface area contributed by atoms with Gasteiger partial charge in [-0.1, -0.05) is 21.0 Å². The largest absolute Gasteiger partial charge is 0.450 e. The van der Waals surface area contributed by atoms with Crippen LogP contribution in [0.2, 0.25) is 0 Å². The van der Waals surface area contributed by atoms with Crippen LogP contribution in [0.4, 0.5) is 10.6 Å². The number of hydrogen-bond acceptors (Lipinski definition) is 5. The minimum Gasteiger partial charge on any atom is -0.441 e. The summed E-state index contributed by atoms with van der Waals surface area (Å²) in [6, 6.07) is 3.25. The quantitative estimate of drug-likeness (QED) is 0.531. The first-order valence-electron chi connectivity index (χ1n) is 6.07. The van der Waals surface area contributed by atoms with Gasteiger partial charge in [-0.2, -0.15) is 0 Å². The number of hydroxylamine groups is 1. The second-order valence-electron chi connectivity index (χ2n) is 5.09. The molecule has 8 heteroatoms. The molecule has 0 aromatic carbocycles. The van der Waals surface area contributed by atoms with E-state index in [9.17, 15) is 9.59 Å². The Morgan fingerprint density at radius 1 is 1.33 bits per heavy atom. The number of amides is 1. The number of carbonyl (C=O) groups is 2. The average molecular weight is 424 g/mol. The summed E-state index contributed by atoms with van der Waals surface area (Å²) in [5, 5.41) is 1.22. The van der Waals surface area contributed by atoms with Gasteiger partial charge in [-0.15, -0.1) is 0 Å². The Morgan fingerprint density at radius 2 is 1.95 bits per heavy atom. The number of anilines is 1. The van der Waals surface area contributed by atoms with Gasteiger partial charge in [-0.3, -0.25) is 0 Å². The summed E-state index contributed by atoms with van der Waals surface area (Å²) in [4.78, 5) is 32.5. The fraction of sp³-hybridized carbons (Fsp3) is 0.462. The van der Waals surface area contributed by atoms with Gasteiger partial charge in [0.2, 0.25) is 0 Å². The van der Waals surface area contributed by atoms with Crippen molar-refractivity contribution in [3.05, 3.63) is 22.3 Å². The number of alkyl halides is 1. The van der Waals surface area contributed by atoms with Crippen molar-refractivity contribution < 1.29 is 19.2 Å². The van der Waals surface area contributed by atoms with Crippen molar-refractivity contribution in [1.29, 1.82) is 0 Å². The van der Waals surface area contributed by atoms with Crippen LogP contribution >= 0.6 is 31.9 Å². The first-order chi connectivity index (χ1) is 9.64. The third-order valence-corrected chi connectivity index (χ3v) is 3.27. The molecule has 0 radical (unpaired) electrons. The van der Waals surface area contributed by atoms with Crippen LogP contribution in [0.5, 0.6) is 0 Å². The Kier molecular flexibility index (Phi) is 6.15. The second kappa shape index (κ2) is 7.22. The highest BCUT2D eigenvalue weighted by Crippen LogP contribution is 2.23. The van der Waals surface area contributed by atoms with Crippen LogP contribution in [0.1, 0.15) is 33.4 Å². The first kappa shape index (κ1) is 17.9. The van der Waals surface area contributed by atoms with Crippen LogP contribution in [0.15, 0.2) is 16.6 Å². The van der Waals surface area contributed by atoms with Crippen molar-refractivity contribution >= 4 is 49.7 Å². The van der Waals surface area contributed by atoms with Gasteiger partial charge >= 0.3 is 12.1 Å². The molecule has 0 atom stereocenters. The van der Waals surface area contributed by atoms with Crippen molar-refractivity contribution in [2.45, 2.75) is 38.6 Å². The van der Waals surface area contributed by atoms with E-state index in [2.05, 4.69) is 36.8 Å². The van der Waals surface area contributed by atoms with Crippen LogP contribution in [0.25, 0.3) is 0 Å². The molecular weight excluding hydrogens is 408 g/mol. The smallest absolute Gasteiger partial charge is 0.441 e. The topological polar surface area (TPSA) is 68.7 Å². The van der Waals surface area contributed by atoms with Crippen molar-refractivity contribution in [3.63, 3.8) is 0 Å². The van der Waals surface area contributed by atoms with Crippen LogP contribution in [0.3, 0.4) is 0 Å². The SMILES string of the molecule is CC(=O)ON(C(=O)OC(C)(C)C)c1ccc(Br)c(CBr)n1. The number of aromatic nitrogens is 1. The van der Waals surface area contributed by atoms with Crippen LogP contribution < -0.4 is 5.06 Å². The van der Waals surface area contributed by atoms with Gasteiger partial charge < -0.3 is 9.57 Å². The van der Waals surface area contributed by atoms with Crippen molar-refractivity contribution in [2.24, 2.45) is 0 Å². The Labute approximate surface area is 140 Å². The highest BCUT2D eigenvalue weighted by molar-refractivity contribution is 9.10. The molecule has 0 saturated heterocycles. The van der Waals surface area contributed by atoms with E-state index in [1.807, 2.05) is 0 Å². The molecule has 6 nitrogen and oxygen atoms in total. The van der Waals surface area contributed by atoms with E-state index in [4.69, 9.17) is 9.57 Å². The molecular formula is C13H16Br2N2O4. The average Bonchev–Trinajstić information content (AvgIpc) is 2.34.